The van der Waals surface area contributed by atoms with Gasteiger partial charge in [-0.05, 0) is 55.8 Å². The fourth-order valence-corrected chi connectivity index (χ4v) is 5.96. The van der Waals surface area contributed by atoms with Crippen LogP contribution in [0, 0.1) is 23.7 Å². The second-order valence-corrected chi connectivity index (χ2v) is 8.22. The lowest BCUT2D eigenvalue weighted by Crippen LogP contribution is -2.61. The first kappa shape index (κ1) is 15.5. The Labute approximate surface area is 143 Å². The Balaban J connectivity index is 1.87. The van der Waals surface area contributed by atoms with Gasteiger partial charge in [-0.25, -0.2) is 4.68 Å². The molecule has 4 aliphatic rings. The van der Waals surface area contributed by atoms with Gasteiger partial charge in [0.25, 0.3) is 5.56 Å². The number of carbonyl (C=O) groups is 1. The van der Waals surface area contributed by atoms with Gasteiger partial charge < -0.3 is 5.11 Å². The maximum atomic E-state index is 12.7. The summed E-state index contributed by atoms with van der Waals surface area (Å²) in [6.45, 7) is 0. The SMILES string of the molecule is O=C(O)C[C@H]1C2C[C@@H]3C[C@@H](C2)CC1(n1ncc(Cl)c(Cl)c1=O)C3. The maximum Gasteiger partial charge on any atom is 0.303 e. The predicted octanol–water partition coefficient (Wildman–Crippen LogP) is 3.18. The Bertz CT molecular complexity index is 719. The molecule has 0 amide bonds. The minimum Gasteiger partial charge on any atom is -0.481 e. The quantitative estimate of drug-likeness (QED) is 0.902. The molecule has 124 valence electrons. The average Bonchev–Trinajstić information content (AvgIpc) is 2.47. The Morgan fingerprint density at radius 2 is 1.96 bits per heavy atom. The predicted molar refractivity (Wildman–Crippen MR) is 85.8 cm³/mol. The number of aliphatic carboxylic acids is 1. The Morgan fingerprint density at radius 1 is 1.30 bits per heavy atom. The van der Waals surface area contributed by atoms with Crippen LogP contribution in [0.3, 0.4) is 0 Å². The van der Waals surface area contributed by atoms with Crippen LogP contribution in [0.15, 0.2) is 11.0 Å². The first-order chi connectivity index (χ1) is 10.9. The van der Waals surface area contributed by atoms with Gasteiger partial charge in [-0.1, -0.05) is 23.2 Å². The minimum atomic E-state index is -0.810. The Morgan fingerprint density at radius 3 is 2.57 bits per heavy atom. The van der Waals surface area contributed by atoms with Gasteiger partial charge in [-0.15, -0.1) is 0 Å². The van der Waals surface area contributed by atoms with Crippen LogP contribution in [0.2, 0.25) is 10.0 Å². The molecule has 1 aromatic heterocycles. The van der Waals surface area contributed by atoms with Crippen LogP contribution in [-0.4, -0.2) is 20.9 Å². The van der Waals surface area contributed by atoms with Crippen molar-refractivity contribution in [3.63, 3.8) is 0 Å². The molecule has 0 spiro atoms. The van der Waals surface area contributed by atoms with Gasteiger partial charge in [0, 0.05) is 0 Å². The van der Waals surface area contributed by atoms with Crippen molar-refractivity contribution in [1.82, 2.24) is 9.78 Å². The molecule has 3 atom stereocenters. The topological polar surface area (TPSA) is 72.2 Å². The monoisotopic (exact) mass is 356 g/mol. The molecular weight excluding hydrogens is 339 g/mol. The molecule has 5 rings (SSSR count). The van der Waals surface area contributed by atoms with E-state index in [0.717, 1.165) is 25.7 Å². The third-order valence-electron chi connectivity index (χ3n) is 6.18. The molecular formula is C16H18Cl2N2O3. The van der Waals surface area contributed by atoms with Crippen molar-refractivity contribution in [2.24, 2.45) is 23.7 Å². The first-order valence-corrected chi connectivity index (χ1v) is 8.82. The van der Waals surface area contributed by atoms with E-state index < -0.39 is 17.1 Å². The van der Waals surface area contributed by atoms with Crippen LogP contribution in [-0.2, 0) is 10.3 Å². The lowest BCUT2D eigenvalue weighted by molar-refractivity contribution is -0.149. The zero-order valence-electron chi connectivity index (χ0n) is 12.5. The van der Waals surface area contributed by atoms with Crippen LogP contribution < -0.4 is 5.56 Å². The van der Waals surface area contributed by atoms with Gasteiger partial charge >= 0.3 is 5.97 Å². The van der Waals surface area contributed by atoms with E-state index in [9.17, 15) is 14.7 Å². The summed E-state index contributed by atoms with van der Waals surface area (Å²) >= 11 is 12.0. The second kappa shape index (κ2) is 5.21. The van der Waals surface area contributed by atoms with Gasteiger partial charge in [0.2, 0.25) is 0 Å². The van der Waals surface area contributed by atoms with E-state index in [1.54, 1.807) is 0 Å². The van der Waals surface area contributed by atoms with Crippen molar-refractivity contribution in [1.29, 1.82) is 0 Å². The van der Waals surface area contributed by atoms with Crippen molar-refractivity contribution in [3.8, 4) is 0 Å². The molecule has 23 heavy (non-hydrogen) atoms. The standard InChI is InChI=1S/C16H18Cl2N2O3/c17-12-7-19-20(15(23)14(12)18)16-5-8-1-9(6-16)3-10(2-8)11(16)4-13(21)22/h7-11H,1-6H2,(H,21,22)/t8-,9-,10?,11-,16?/m0/s1. The van der Waals surface area contributed by atoms with Crippen molar-refractivity contribution in [2.45, 2.75) is 44.1 Å². The molecule has 1 heterocycles. The number of hydrogen-bond donors (Lipinski definition) is 1. The Kier molecular flexibility index (Phi) is 3.50. The Hall–Kier alpha value is -1.07. The molecule has 4 saturated carbocycles. The van der Waals surface area contributed by atoms with Gasteiger partial charge in [0.15, 0.2) is 0 Å². The van der Waals surface area contributed by atoms with Crippen LogP contribution in [0.5, 0.6) is 0 Å². The normalized spacial score (nSPS) is 38.0. The molecule has 7 heteroatoms. The maximum absolute atomic E-state index is 12.7. The summed E-state index contributed by atoms with van der Waals surface area (Å²) in [5.74, 6) is 0.604. The number of halogens is 2. The number of hydrogen-bond acceptors (Lipinski definition) is 3. The molecule has 1 aromatic rings. The molecule has 4 bridgehead atoms. The van der Waals surface area contributed by atoms with Crippen molar-refractivity contribution in [3.05, 3.63) is 26.6 Å². The fourth-order valence-electron chi connectivity index (χ4n) is 5.71. The number of aromatic nitrogens is 2. The molecule has 5 nitrogen and oxygen atoms in total. The highest BCUT2D eigenvalue weighted by Crippen LogP contribution is 2.62. The molecule has 0 aromatic carbocycles. The van der Waals surface area contributed by atoms with E-state index in [2.05, 4.69) is 5.10 Å². The summed E-state index contributed by atoms with van der Waals surface area (Å²) in [6, 6.07) is 0. The third-order valence-corrected chi connectivity index (χ3v) is 6.92. The molecule has 0 aliphatic heterocycles. The van der Waals surface area contributed by atoms with Crippen LogP contribution >= 0.6 is 23.2 Å². The number of nitrogens with zero attached hydrogens (tertiary/aromatic N) is 2. The van der Waals surface area contributed by atoms with Crippen LogP contribution in [0.1, 0.15) is 38.5 Å². The fraction of sp³-hybridized carbons (Fsp3) is 0.688. The van der Waals surface area contributed by atoms with Crippen LogP contribution in [0.25, 0.3) is 0 Å². The summed E-state index contributed by atoms with van der Waals surface area (Å²) in [5, 5.41) is 13.8. The molecule has 1 N–H and O–H groups in total. The molecule has 4 fully saturated rings. The van der Waals surface area contributed by atoms with Crippen molar-refractivity contribution < 1.29 is 9.90 Å². The summed E-state index contributed by atoms with van der Waals surface area (Å²) < 4.78 is 1.47. The van der Waals surface area contributed by atoms with Crippen molar-refractivity contribution >= 4 is 29.2 Å². The highest BCUT2D eigenvalue weighted by Gasteiger charge is 2.59. The van der Waals surface area contributed by atoms with Gasteiger partial charge in [-0.3, -0.25) is 9.59 Å². The van der Waals surface area contributed by atoms with Gasteiger partial charge in [-0.2, -0.15) is 5.10 Å². The van der Waals surface area contributed by atoms with Crippen molar-refractivity contribution in [2.75, 3.05) is 0 Å². The summed E-state index contributed by atoms with van der Waals surface area (Å²) in [4.78, 5) is 24.1. The largest absolute Gasteiger partial charge is 0.481 e. The molecule has 0 radical (unpaired) electrons. The van der Waals surface area contributed by atoms with E-state index in [0.29, 0.717) is 17.8 Å². The third kappa shape index (κ3) is 2.23. The summed E-state index contributed by atoms with van der Waals surface area (Å²) in [6.07, 6.45) is 6.47. The summed E-state index contributed by atoms with van der Waals surface area (Å²) in [7, 11) is 0. The number of carboxylic acid groups (broad SMARTS) is 1. The van der Waals surface area contributed by atoms with E-state index in [1.165, 1.54) is 17.3 Å². The lowest BCUT2D eigenvalue weighted by atomic mass is 9.48. The smallest absolute Gasteiger partial charge is 0.303 e. The average molecular weight is 357 g/mol. The van der Waals surface area contributed by atoms with E-state index >= 15 is 0 Å². The highest BCUT2D eigenvalue weighted by molar-refractivity contribution is 6.41. The van der Waals surface area contributed by atoms with Crippen LogP contribution in [0.4, 0.5) is 0 Å². The number of rotatable bonds is 3. The van der Waals surface area contributed by atoms with E-state index in [1.807, 2.05) is 0 Å². The zero-order chi connectivity index (χ0) is 16.4. The molecule has 4 aliphatic carbocycles. The molecule has 0 unspecified atom stereocenters. The van der Waals surface area contributed by atoms with Gasteiger partial charge in [0.1, 0.15) is 5.02 Å². The zero-order valence-corrected chi connectivity index (χ0v) is 14.1. The summed E-state index contributed by atoms with van der Waals surface area (Å²) in [5.41, 5.74) is -0.908. The number of carboxylic acids is 1. The lowest BCUT2D eigenvalue weighted by Gasteiger charge is -2.60. The molecule has 0 saturated heterocycles. The minimum absolute atomic E-state index is 0.0218. The van der Waals surface area contributed by atoms with Gasteiger partial charge in [0.05, 0.1) is 23.2 Å². The second-order valence-electron chi connectivity index (χ2n) is 7.44. The van der Waals surface area contributed by atoms with E-state index in [4.69, 9.17) is 23.2 Å². The highest BCUT2D eigenvalue weighted by atomic mass is 35.5. The van der Waals surface area contributed by atoms with E-state index in [-0.39, 0.29) is 22.4 Å². The first-order valence-electron chi connectivity index (χ1n) is 8.06.